The number of hydrogen-bond donors (Lipinski definition) is 0. The molecule has 0 radical (unpaired) electrons. The first-order valence-electron chi connectivity index (χ1n) is 4.73. The van der Waals surface area contributed by atoms with E-state index in [1.165, 1.54) is 16.9 Å². The van der Waals surface area contributed by atoms with E-state index in [1.807, 2.05) is 0 Å². The normalized spacial score (nSPS) is 9.62. The number of benzene rings is 1. The quantitative estimate of drug-likeness (QED) is 0.714. The van der Waals surface area contributed by atoms with Gasteiger partial charge in [0.05, 0.1) is 0 Å². The summed E-state index contributed by atoms with van der Waals surface area (Å²) >= 11 is 0. The first-order valence-corrected chi connectivity index (χ1v) is 4.73. The molecular weight excluding hydrogens is 207 g/mol. The zero-order valence-corrected chi connectivity index (χ0v) is 8.68. The van der Waals surface area contributed by atoms with Crippen molar-refractivity contribution in [3.63, 3.8) is 0 Å². The van der Waals surface area contributed by atoms with Gasteiger partial charge in [-0.2, -0.15) is 4.80 Å². The summed E-state index contributed by atoms with van der Waals surface area (Å²) in [6.45, 7) is 2.13. The van der Waals surface area contributed by atoms with Gasteiger partial charge in [0.1, 0.15) is 12.4 Å². The number of nitrogens with zero attached hydrogens (tertiary/aromatic N) is 4. The monoisotopic (exact) mass is 216 g/mol. The molecule has 0 saturated carbocycles. The number of halogens is 1. The van der Waals surface area contributed by atoms with Crippen LogP contribution in [0.25, 0.3) is 11.4 Å². The minimum absolute atomic E-state index is 0.317. The van der Waals surface area contributed by atoms with Gasteiger partial charge in [-0.25, -0.2) is 4.39 Å². The molecule has 1 heterocycles. The lowest BCUT2D eigenvalue weighted by molar-refractivity contribution is 0.592. The minimum Gasteiger partial charge on any atom is -0.207 e. The Morgan fingerprint density at radius 3 is 3.06 bits per heavy atom. The first kappa shape index (κ1) is 10.3. The Morgan fingerprint density at radius 2 is 2.31 bits per heavy atom. The number of hydrogen-bond acceptors (Lipinski definition) is 3. The molecule has 1 aromatic carbocycles. The molecule has 0 N–H and O–H groups in total. The van der Waals surface area contributed by atoms with Crippen molar-refractivity contribution < 1.29 is 4.39 Å². The fourth-order valence-corrected chi connectivity index (χ4v) is 1.20. The molecule has 0 bridgehead atoms. The van der Waals surface area contributed by atoms with Crippen molar-refractivity contribution in [1.82, 2.24) is 20.2 Å². The summed E-state index contributed by atoms with van der Waals surface area (Å²) in [5.41, 5.74) is 0.607. The van der Waals surface area contributed by atoms with Crippen LogP contribution in [0.4, 0.5) is 4.39 Å². The predicted octanol–water partition coefficient (Wildman–Crippen LogP) is 1.50. The van der Waals surface area contributed by atoms with Gasteiger partial charge >= 0.3 is 0 Å². The van der Waals surface area contributed by atoms with Crippen molar-refractivity contribution in [2.45, 2.75) is 13.5 Å². The second-order valence-corrected chi connectivity index (χ2v) is 3.08. The van der Waals surface area contributed by atoms with Crippen LogP contribution in [0.3, 0.4) is 0 Å². The van der Waals surface area contributed by atoms with Gasteiger partial charge in [-0.05, 0) is 24.3 Å². The Bertz CT molecular complexity index is 550. The molecule has 0 unspecified atom stereocenters. The Labute approximate surface area is 92.1 Å². The second-order valence-electron chi connectivity index (χ2n) is 3.08. The maximum atomic E-state index is 13.0. The van der Waals surface area contributed by atoms with E-state index in [0.717, 1.165) is 0 Å². The van der Waals surface area contributed by atoms with Crippen molar-refractivity contribution in [2.24, 2.45) is 0 Å². The smallest absolute Gasteiger partial charge is 0.205 e. The molecule has 0 aliphatic carbocycles. The summed E-state index contributed by atoms with van der Waals surface area (Å²) in [6, 6.07) is 6.08. The SMILES string of the molecule is CC#CCn1nnc(-c2cccc(F)c2)n1. The lowest BCUT2D eigenvalue weighted by atomic mass is 10.2. The summed E-state index contributed by atoms with van der Waals surface area (Å²) in [5, 5.41) is 11.7. The second kappa shape index (κ2) is 4.53. The molecule has 1 aromatic heterocycles. The first-order chi connectivity index (χ1) is 7.79. The Kier molecular flexibility index (Phi) is 2.92. The van der Waals surface area contributed by atoms with Gasteiger partial charge < -0.3 is 0 Å². The molecule has 4 nitrogen and oxygen atoms in total. The molecule has 0 aliphatic rings. The summed E-state index contributed by atoms with van der Waals surface area (Å²) in [4.78, 5) is 1.37. The molecule has 0 amide bonds. The molecule has 0 saturated heterocycles. The van der Waals surface area contributed by atoms with Gasteiger partial charge in [0.2, 0.25) is 5.82 Å². The molecular formula is C11H9FN4. The third-order valence-corrected chi connectivity index (χ3v) is 1.93. The predicted molar refractivity (Wildman–Crippen MR) is 56.7 cm³/mol. The van der Waals surface area contributed by atoms with Crippen LogP contribution in [-0.4, -0.2) is 20.2 Å². The lowest BCUT2D eigenvalue weighted by Gasteiger charge is -1.93. The average molecular weight is 216 g/mol. The third kappa shape index (κ3) is 2.23. The molecule has 2 rings (SSSR count). The van der Waals surface area contributed by atoms with Crippen LogP contribution in [0.5, 0.6) is 0 Å². The molecule has 2 aromatic rings. The van der Waals surface area contributed by atoms with E-state index >= 15 is 0 Å². The van der Waals surface area contributed by atoms with E-state index in [-0.39, 0.29) is 5.82 Å². The van der Waals surface area contributed by atoms with Gasteiger partial charge in [-0.1, -0.05) is 18.1 Å². The topological polar surface area (TPSA) is 43.6 Å². The fraction of sp³-hybridized carbons (Fsp3) is 0.182. The van der Waals surface area contributed by atoms with Crippen LogP contribution >= 0.6 is 0 Å². The maximum Gasteiger partial charge on any atom is 0.205 e. The van der Waals surface area contributed by atoms with Gasteiger partial charge in [0.25, 0.3) is 0 Å². The van der Waals surface area contributed by atoms with E-state index < -0.39 is 0 Å². The molecule has 16 heavy (non-hydrogen) atoms. The van der Waals surface area contributed by atoms with Crippen molar-refractivity contribution >= 4 is 0 Å². The van der Waals surface area contributed by atoms with Crippen molar-refractivity contribution in [3.8, 4) is 23.2 Å². The largest absolute Gasteiger partial charge is 0.207 e. The van der Waals surface area contributed by atoms with Crippen molar-refractivity contribution in [3.05, 3.63) is 30.1 Å². The van der Waals surface area contributed by atoms with E-state index in [2.05, 4.69) is 27.3 Å². The number of rotatable bonds is 2. The van der Waals surface area contributed by atoms with E-state index in [1.54, 1.807) is 19.1 Å². The van der Waals surface area contributed by atoms with Gasteiger partial charge in [-0.3, -0.25) is 0 Å². The van der Waals surface area contributed by atoms with E-state index in [0.29, 0.717) is 17.9 Å². The molecule has 5 heteroatoms. The third-order valence-electron chi connectivity index (χ3n) is 1.93. The molecule has 0 fully saturated rings. The molecule has 0 spiro atoms. The molecule has 0 aliphatic heterocycles. The van der Waals surface area contributed by atoms with Crippen LogP contribution in [0.1, 0.15) is 6.92 Å². The summed E-state index contributed by atoms with van der Waals surface area (Å²) in [6.07, 6.45) is 0. The van der Waals surface area contributed by atoms with Crippen LogP contribution in [0, 0.1) is 17.7 Å². The summed E-state index contributed by atoms with van der Waals surface area (Å²) in [5.74, 6) is 5.63. The maximum absolute atomic E-state index is 13.0. The summed E-state index contributed by atoms with van der Waals surface area (Å²) in [7, 11) is 0. The Hall–Kier alpha value is -2.22. The zero-order valence-electron chi connectivity index (χ0n) is 8.68. The van der Waals surface area contributed by atoms with Crippen LogP contribution < -0.4 is 0 Å². The van der Waals surface area contributed by atoms with Crippen molar-refractivity contribution in [1.29, 1.82) is 0 Å². The number of tetrazole rings is 1. The molecule has 0 atom stereocenters. The van der Waals surface area contributed by atoms with Crippen LogP contribution in [0.15, 0.2) is 24.3 Å². The van der Waals surface area contributed by atoms with Gasteiger partial charge in [0, 0.05) is 5.56 Å². The zero-order chi connectivity index (χ0) is 11.4. The van der Waals surface area contributed by atoms with Crippen molar-refractivity contribution in [2.75, 3.05) is 0 Å². The highest BCUT2D eigenvalue weighted by Crippen LogP contribution is 2.14. The van der Waals surface area contributed by atoms with E-state index in [4.69, 9.17) is 0 Å². The lowest BCUT2D eigenvalue weighted by Crippen LogP contribution is -2.00. The summed E-state index contributed by atoms with van der Waals surface area (Å²) < 4.78 is 13.0. The highest BCUT2D eigenvalue weighted by Gasteiger charge is 2.05. The number of aromatic nitrogens is 4. The van der Waals surface area contributed by atoms with Crippen LogP contribution in [0.2, 0.25) is 0 Å². The highest BCUT2D eigenvalue weighted by atomic mass is 19.1. The standard InChI is InChI=1S/C11H9FN4/c1-2-3-7-16-14-11(13-15-16)9-5-4-6-10(12)8-9/h4-6,8H,7H2,1H3. The van der Waals surface area contributed by atoms with Gasteiger partial charge in [-0.15, -0.1) is 16.1 Å². The highest BCUT2D eigenvalue weighted by molar-refractivity contribution is 5.53. The Morgan fingerprint density at radius 1 is 1.44 bits per heavy atom. The van der Waals surface area contributed by atoms with Gasteiger partial charge in [0.15, 0.2) is 0 Å². The average Bonchev–Trinajstić information content (AvgIpc) is 2.75. The van der Waals surface area contributed by atoms with E-state index in [9.17, 15) is 4.39 Å². The molecule has 80 valence electrons. The minimum atomic E-state index is -0.317. The van der Waals surface area contributed by atoms with Crippen LogP contribution in [-0.2, 0) is 6.54 Å². The Balaban J connectivity index is 2.26. The fourth-order valence-electron chi connectivity index (χ4n) is 1.20.